The summed E-state index contributed by atoms with van der Waals surface area (Å²) in [5.41, 5.74) is 1.07. The second kappa shape index (κ2) is 7.09. The SMILES string of the molecule is CCCc1c(Cl)ncnc1NC1CCCCCC1C. The Morgan fingerprint density at radius 3 is 2.84 bits per heavy atom. The van der Waals surface area contributed by atoms with Crippen molar-refractivity contribution in [3.8, 4) is 0 Å². The summed E-state index contributed by atoms with van der Waals surface area (Å²) in [4.78, 5) is 8.51. The maximum atomic E-state index is 6.20. The third kappa shape index (κ3) is 3.82. The van der Waals surface area contributed by atoms with Crippen LogP contribution < -0.4 is 5.32 Å². The second-order valence-corrected chi connectivity index (χ2v) is 5.97. The van der Waals surface area contributed by atoms with Gasteiger partial charge in [0.1, 0.15) is 17.3 Å². The Labute approximate surface area is 121 Å². The van der Waals surface area contributed by atoms with Gasteiger partial charge in [-0.1, -0.05) is 51.1 Å². The van der Waals surface area contributed by atoms with E-state index in [2.05, 4.69) is 29.1 Å². The van der Waals surface area contributed by atoms with E-state index >= 15 is 0 Å². The zero-order chi connectivity index (χ0) is 13.7. The molecule has 1 saturated carbocycles. The molecule has 106 valence electrons. The van der Waals surface area contributed by atoms with E-state index in [1.54, 1.807) is 6.33 Å². The van der Waals surface area contributed by atoms with Crippen LogP contribution in [0.25, 0.3) is 0 Å². The lowest BCUT2D eigenvalue weighted by Crippen LogP contribution is -2.27. The smallest absolute Gasteiger partial charge is 0.137 e. The van der Waals surface area contributed by atoms with E-state index < -0.39 is 0 Å². The van der Waals surface area contributed by atoms with Gasteiger partial charge >= 0.3 is 0 Å². The Morgan fingerprint density at radius 2 is 2.05 bits per heavy atom. The minimum absolute atomic E-state index is 0.518. The molecule has 1 aromatic heterocycles. The molecular formula is C15H24ClN3. The van der Waals surface area contributed by atoms with Crippen LogP contribution in [0.4, 0.5) is 5.82 Å². The molecule has 4 heteroatoms. The summed E-state index contributed by atoms with van der Waals surface area (Å²) in [5.74, 6) is 1.64. The van der Waals surface area contributed by atoms with Crippen LogP contribution in [0.3, 0.4) is 0 Å². The lowest BCUT2D eigenvalue weighted by Gasteiger charge is -2.24. The maximum Gasteiger partial charge on any atom is 0.137 e. The van der Waals surface area contributed by atoms with Crippen molar-refractivity contribution in [2.75, 3.05) is 5.32 Å². The van der Waals surface area contributed by atoms with E-state index in [0.29, 0.717) is 17.1 Å². The van der Waals surface area contributed by atoms with Gasteiger partial charge in [0.05, 0.1) is 0 Å². The molecule has 0 aliphatic heterocycles. The van der Waals surface area contributed by atoms with Crippen molar-refractivity contribution in [2.24, 2.45) is 5.92 Å². The minimum Gasteiger partial charge on any atom is -0.367 e. The van der Waals surface area contributed by atoms with Gasteiger partial charge in [0, 0.05) is 11.6 Å². The largest absolute Gasteiger partial charge is 0.367 e. The van der Waals surface area contributed by atoms with Crippen LogP contribution in [0.5, 0.6) is 0 Å². The molecule has 0 amide bonds. The molecule has 2 rings (SSSR count). The molecular weight excluding hydrogens is 258 g/mol. The molecule has 1 aromatic rings. The molecule has 1 N–H and O–H groups in total. The van der Waals surface area contributed by atoms with Gasteiger partial charge in [-0.25, -0.2) is 9.97 Å². The van der Waals surface area contributed by atoms with Crippen LogP contribution in [0.2, 0.25) is 5.15 Å². The van der Waals surface area contributed by atoms with Gasteiger partial charge in [0.25, 0.3) is 0 Å². The molecule has 0 spiro atoms. The molecule has 3 nitrogen and oxygen atoms in total. The predicted molar refractivity (Wildman–Crippen MR) is 80.7 cm³/mol. The quantitative estimate of drug-likeness (QED) is 0.654. The molecule has 1 aliphatic rings. The molecule has 19 heavy (non-hydrogen) atoms. The van der Waals surface area contributed by atoms with Crippen molar-refractivity contribution in [3.05, 3.63) is 17.0 Å². The summed E-state index contributed by atoms with van der Waals surface area (Å²) < 4.78 is 0. The van der Waals surface area contributed by atoms with E-state index in [0.717, 1.165) is 24.2 Å². The number of aromatic nitrogens is 2. The molecule has 2 unspecified atom stereocenters. The van der Waals surface area contributed by atoms with Crippen LogP contribution in [-0.4, -0.2) is 16.0 Å². The monoisotopic (exact) mass is 281 g/mol. The Morgan fingerprint density at radius 1 is 1.26 bits per heavy atom. The topological polar surface area (TPSA) is 37.8 Å². The van der Waals surface area contributed by atoms with Gasteiger partial charge in [-0.3, -0.25) is 0 Å². The van der Waals surface area contributed by atoms with Gasteiger partial charge in [0.2, 0.25) is 0 Å². The van der Waals surface area contributed by atoms with Gasteiger partial charge in [-0.15, -0.1) is 0 Å². The van der Waals surface area contributed by atoms with Gasteiger partial charge in [-0.05, 0) is 25.2 Å². The van der Waals surface area contributed by atoms with Crippen LogP contribution in [0, 0.1) is 5.92 Å². The van der Waals surface area contributed by atoms with Crippen molar-refractivity contribution < 1.29 is 0 Å². The first-order chi connectivity index (χ1) is 9.22. The Hall–Kier alpha value is -0.830. The fraction of sp³-hybridized carbons (Fsp3) is 0.733. The lowest BCUT2D eigenvalue weighted by atomic mass is 9.97. The average molecular weight is 282 g/mol. The van der Waals surface area contributed by atoms with Crippen LogP contribution >= 0.6 is 11.6 Å². The molecule has 0 aromatic carbocycles. The van der Waals surface area contributed by atoms with Crippen LogP contribution in [-0.2, 0) is 6.42 Å². The first-order valence-electron chi connectivity index (χ1n) is 7.48. The first-order valence-corrected chi connectivity index (χ1v) is 7.86. The normalized spacial score (nSPS) is 23.9. The molecule has 0 saturated heterocycles. The summed E-state index contributed by atoms with van der Waals surface area (Å²) in [7, 11) is 0. The average Bonchev–Trinajstić information content (AvgIpc) is 2.59. The van der Waals surface area contributed by atoms with Crippen molar-refractivity contribution in [2.45, 2.75) is 64.8 Å². The number of rotatable bonds is 4. The number of nitrogens with zero attached hydrogens (tertiary/aromatic N) is 2. The van der Waals surface area contributed by atoms with Crippen molar-refractivity contribution >= 4 is 17.4 Å². The molecule has 0 bridgehead atoms. The number of anilines is 1. The second-order valence-electron chi connectivity index (χ2n) is 5.61. The van der Waals surface area contributed by atoms with E-state index in [4.69, 9.17) is 11.6 Å². The minimum atomic E-state index is 0.518. The van der Waals surface area contributed by atoms with E-state index in [-0.39, 0.29) is 0 Å². The predicted octanol–water partition coefficient (Wildman–Crippen LogP) is 4.46. The van der Waals surface area contributed by atoms with Gasteiger partial charge in [-0.2, -0.15) is 0 Å². The number of nitrogens with one attached hydrogen (secondary N) is 1. The Kier molecular flexibility index (Phi) is 5.44. The maximum absolute atomic E-state index is 6.20. The third-order valence-electron chi connectivity index (χ3n) is 4.08. The zero-order valence-electron chi connectivity index (χ0n) is 12.0. The fourth-order valence-corrected chi connectivity index (χ4v) is 3.10. The zero-order valence-corrected chi connectivity index (χ0v) is 12.7. The fourth-order valence-electron chi connectivity index (χ4n) is 2.87. The summed E-state index contributed by atoms with van der Waals surface area (Å²) in [6.07, 6.45) is 10.1. The standard InChI is InChI=1S/C15H24ClN3/c1-3-7-12-14(16)17-10-18-15(12)19-13-9-6-4-5-8-11(13)2/h10-11,13H,3-9H2,1-2H3,(H,17,18,19). The van der Waals surface area contributed by atoms with E-state index in [1.807, 2.05) is 0 Å². The number of hydrogen-bond donors (Lipinski definition) is 1. The highest BCUT2D eigenvalue weighted by molar-refractivity contribution is 6.30. The lowest BCUT2D eigenvalue weighted by molar-refractivity contribution is 0.455. The molecule has 1 fully saturated rings. The Bertz CT molecular complexity index is 408. The summed E-state index contributed by atoms with van der Waals surface area (Å²) in [6, 6.07) is 0.518. The highest BCUT2D eigenvalue weighted by atomic mass is 35.5. The third-order valence-corrected chi connectivity index (χ3v) is 4.40. The van der Waals surface area contributed by atoms with Crippen LogP contribution in [0.15, 0.2) is 6.33 Å². The number of halogens is 1. The highest BCUT2D eigenvalue weighted by Crippen LogP contribution is 2.28. The van der Waals surface area contributed by atoms with Crippen molar-refractivity contribution in [1.82, 2.24) is 9.97 Å². The molecule has 0 radical (unpaired) electrons. The van der Waals surface area contributed by atoms with Gasteiger partial charge < -0.3 is 5.32 Å². The Balaban J connectivity index is 2.15. The summed E-state index contributed by atoms with van der Waals surface area (Å²) >= 11 is 6.20. The van der Waals surface area contributed by atoms with Crippen LogP contribution in [0.1, 0.15) is 57.9 Å². The van der Waals surface area contributed by atoms with E-state index in [9.17, 15) is 0 Å². The summed E-state index contributed by atoms with van der Waals surface area (Å²) in [5, 5.41) is 4.23. The van der Waals surface area contributed by atoms with Gasteiger partial charge in [0.15, 0.2) is 0 Å². The highest BCUT2D eigenvalue weighted by Gasteiger charge is 2.21. The number of hydrogen-bond acceptors (Lipinski definition) is 3. The molecule has 2 atom stereocenters. The summed E-state index contributed by atoms with van der Waals surface area (Å²) in [6.45, 7) is 4.49. The van der Waals surface area contributed by atoms with E-state index in [1.165, 1.54) is 32.1 Å². The molecule has 1 aliphatic carbocycles. The first kappa shape index (κ1) is 14.6. The van der Waals surface area contributed by atoms with Crippen molar-refractivity contribution in [3.63, 3.8) is 0 Å². The molecule has 1 heterocycles. The van der Waals surface area contributed by atoms with Crippen molar-refractivity contribution in [1.29, 1.82) is 0 Å².